The predicted molar refractivity (Wildman–Crippen MR) is 86.1 cm³/mol. The molecule has 1 aliphatic heterocycles. The first-order valence-corrected chi connectivity index (χ1v) is 7.94. The molecule has 0 saturated carbocycles. The van der Waals surface area contributed by atoms with Crippen LogP contribution in [0.4, 0.5) is 0 Å². The Morgan fingerprint density at radius 2 is 2.09 bits per heavy atom. The van der Waals surface area contributed by atoms with Gasteiger partial charge in [-0.05, 0) is 36.7 Å². The zero-order valence-corrected chi connectivity index (χ0v) is 13.2. The van der Waals surface area contributed by atoms with Crippen LogP contribution in [0.2, 0.25) is 5.02 Å². The van der Waals surface area contributed by atoms with E-state index in [9.17, 15) is 0 Å². The van der Waals surface area contributed by atoms with Crippen LogP contribution < -0.4 is 5.32 Å². The van der Waals surface area contributed by atoms with Crippen molar-refractivity contribution in [3.63, 3.8) is 0 Å². The van der Waals surface area contributed by atoms with Gasteiger partial charge in [-0.2, -0.15) is 10.1 Å². The largest absolute Gasteiger partial charge is 0.334 e. The maximum Gasteiger partial charge on any atom is 0.257 e. The zero-order chi connectivity index (χ0) is 15.6. The highest BCUT2D eigenvalue weighted by molar-refractivity contribution is 6.30. The Labute approximate surface area is 138 Å². The summed E-state index contributed by atoms with van der Waals surface area (Å²) < 4.78 is 7.17. The number of aromatic nitrogens is 4. The average molecular weight is 330 g/mol. The Morgan fingerprint density at radius 3 is 2.74 bits per heavy atom. The average Bonchev–Trinajstić information content (AvgIpc) is 3.13. The molecule has 0 bridgehead atoms. The number of hydrogen-bond donors (Lipinski definition) is 1. The van der Waals surface area contributed by atoms with E-state index in [0.717, 1.165) is 36.5 Å². The third kappa shape index (κ3) is 3.28. The minimum Gasteiger partial charge on any atom is -0.334 e. The van der Waals surface area contributed by atoms with Gasteiger partial charge in [0, 0.05) is 18.2 Å². The molecule has 23 heavy (non-hydrogen) atoms. The van der Waals surface area contributed by atoms with Gasteiger partial charge in [-0.1, -0.05) is 28.9 Å². The third-order valence-corrected chi connectivity index (χ3v) is 4.15. The highest BCUT2D eigenvalue weighted by Gasteiger charge is 2.20. The van der Waals surface area contributed by atoms with E-state index in [4.69, 9.17) is 16.1 Å². The number of rotatable bonds is 5. The topological polar surface area (TPSA) is 68.8 Å². The van der Waals surface area contributed by atoms with Gasteiger partial charge in [0.25, 0.3) is 5.89 Å². The van der Waals surface area contributed by atoms with Crippen molar-refractivity contribution in [2.24, 2.45) is 5.92 Å². The summed E-state index contributed by atoms with van der Waals surface area (Å²) in [6.07, 6.45) is 4.30. The molecule has 0 spiro atoms. The fourth-order valence-corrected chi connectivity index (χ4v) is 2.73. The van der Waals surface area contributed by atoms with Crippen LogP contribution in [0.1, 0.15) is 11.4 Å². The number of nitrogens with zero attached hydrogens (tertiary/aromatic N) is 4. The summed E-state index contributed by atoms with van der Waals surface area (Å²) in [6.45, 7) is 2.75. The Morgan fingerprint density at radius 1 is 1.26 bits per heavy atom. The lowest BCUT2D eigenvalue weighted by Crippen LogP contribution is -2.43. The Hall–Kier alpha value is -2.18. The van der Waals surface area contributed by atoms with Gasteiger partial charge in [-0.3, -0.25) is 4.68 Å². The molecule has 0 aliphatic carbocycles. The molecule has 3 heterocycles. The summed E-state index contributed by atoms with van der Waals surface area (Å²) in [5, 5.41) is 12.1. The highest BCUT2D eigenvalue weighted by atomic mass is 35.5. The van der Waals surface area contributed by atoms with Crippen molar-refractivity contribution >= 4 is 11.6 Å². The molecular formula is C16H16ClN5O. The Kier molecular flexibility index (Phi) is 3.85. The second kappa shape index (κ2) is 6.14. The first-order chi connectivity index (χ1) is 11.3. The van der Waals surface area contributed by atoms with Gasteiger partial charge < -0.3 is 9.84 Å². The first-order valence-electron chi connectivity index (χ1n) is 7.57. The van der Waals surface area contributed by atoms with Gasteiger partial charge >= 0.3 is 0 Å². The second-order valence-electron chi connectivity index (χ2n) is 5.80. The van der Waals surface area contributed by atoms with E-state index in [1.165, 1.54) is 0 Å². The fourth-order valence-electron chi connectivity index (χ4n) is 2.57. The first kappa shape index (κ1) is 14.4. The lowest BCUT2D eigenvalue weighted by Gasteiger charge is -2.25. The van der Waals surface area contributed by atoms with E-state index < -0.39 is 0 Å². The molecule has 1 saturated heterocycles. The number of halogens is 1. The van der Waals surface area contributed by atoms with Crippen LogP contribution in [-0.2, 0) is 13.0 Å². The summed E-state index contributed by atoms with van der Waals surface area (Å²) in [7, 11) is 0. The van der Waals surface area contributed by atoms with Crippen molar-refractivity contribution in [3.05, 3.63) is 53.1 Å². The van der Waals surface area contributed by atoms with Crippen molar-refractivity contribution in [3.8, 4) is 11.5 Å². The number of benzene rings is 1. The van der Waals surface area contributed by atoms with E-state index in [1.54, 1.807) is 17.1 Å². The quantitative estimate of drug-likeness (QED) is 0.778. The summed E-state index contributed by atoms with van der Waals surface area (Å²) >= 11 is 5.87. The van der Waals surface area contributed by atoms with Crippen molar-refractivity contribution in [2.45, 2.75) is 13.0 Å². The van der Waals surface area contributed by atoms with Gasteiger partial charge in [0.2, 0.25) is 0 Å². The maximum absolute atomic E-state index is 5.87. The summed E-state index contributed by atoms with van der Waals surface area (Å²) in [6, 6.07) is 8.04. The molecule has 1 fully saturated rings. The molecule has 118 valence electrons. The molecule has 1 aromatic carbocycles. The fraction of sp³-hybridized carbons (Fsp3) is 0.312. The van der Waals surface area contributed by atoms with Gasteiger partial charge in [0.15, 0.2) is 5.82 Å². The van der Waals surface area contributed by atoms with E-state index in [2.05, 4.69) is 20.6 Å². The van der Waals surface area contributed by atoms with Crippen LogP contribution >= 0.6 is 11.6 Å². The van der Waals surface area contributed by atoms with Crippen LogP contribution in [0, 0.1) is 5.92 Å². The monoisotopic (exact) mass is 329 g/mol. The maximum atomic E-state index is 5.87. The van der Waals surface area contributed by atoms with E-state index in [-0.39, 0.29) is 0 Å². The smallest absolute Gasteiger partial charge is 0.257 e. The molecule has 0 unspecified atom stereocenters. The lowest BCUT2D eigenvalue weighted by atomic mass is 9.99. The molecule has 0 radical (unpaired) electrons. The molecule has 1 N–H and O–H groups in total. The van der Waals surface area contributed by atoms with Crippen LogP contribution in [0.15, 0.2) is 41.2 Å². The van der Waals surface area contributed by atoms with Crippen LogP contribution in [-0.4, -0.2) is 33.0 Å². The summed E-state index contributed by atoms with van der Waals surface area (Å²) in [5.74, 6) is 1.98. The van der Waals surface area contributed by atoms with Gasteiger partial charge in [-0.25, -0.2) is 0 Å². The van der Waals surface area contributed by atoms with Crippen LogP contribution in [0.3, 0.4) is 0 Å². The lowest BCUT2D eigenvalue weighted by molar-refractivity contribution is 0.333. The normalized spacial score (nSPS) is 14.8. The van der Waals surface area contributed by atoms with Crippen molar-refractivity contribution in [2.75, 3.05) is 13.1 Å². The molecule has 3 aromatic rings. The zero-order valence-electron chi connectivity index (χ0n) is 12.4. The molecule has 6 nitrogen and oxygen atoms in total. The second-order valence-corrected chi connectivity index (χ2v) is 6.23. The van der Waals surface area contributed by atoms with Crippen LogP contribution in [0.5, 0.6) is 0 Å². The molecule has 2 aromatic heterocycles. The minimum atomic E-state index is 0.570. The molecule has 1 aliphatic rings. The van der Waals surface area contributed by atoms with Gasteiger partial charge in [0.05, 0.1) is 17.8 Å². The summed E-state index contributed by atoms with van der Waals surface area (Å²) in [4.78, 5) is 4.48. The molecule has 0 amide bonds. The van der Waals surface area contributed by atoms with E-state index in [1.807, 2.05) is 24.3 Å². The predicted octanol–water partition coefficient (Wildman–Crippen LogP) is 2.40. The standard InChI is InChI=1S/C16H16ClN5O/c17-14-8-19-22(10-14)9-11-1-3-13(4-2-11)16-20-15(21-23-16)5-12-6-18-7-12/h1-4,8,10,12,18H,5-7,9H2. The van der Waals surface area contributed by atoms with Crippen molar-refractivity contribution in [1.82, 2.24) is 25.2 Å². The van der Waals surface area contributed by atoms with Crippen molar-refractivity contribution in [1.29, 1.82) is 0 Å². The van der Waals surface area contributed by atoms with Crippen molar-refractivity contribution < 1.29 is 4.52 Å². The number of hydrogen-bond acceptors (Lipinski definition) is 5. The Bertz CT molecular complexity index is 791. The van der Waals surface area contributed by atoms with Gasteiger partial charge in [0.1, 0.15) is 0 Å². The van der Waals surface area contributed by atoms with E-state index >= 15 is 0 Å². The SMILES string of the molecule is Clc1cnn(Cc2ccc(-c3nc(CC4CNC4)no3)cc2)c1. The van der Waals surface area contributed by atoms with Gasteiger partial charge in [-0.15, -0.1) is 0 Å². The third-order valence-electron chi connectivity index (χ3n) is 3.95. The van der Waals surface area contributed by atoms with E-state index in [0.29, 0.717) is 23.4 Å². The Balaban J connectivity index is 1.44. The minimum absolute atomic E-state index is 0.570. The molecule has 4 rings (SSSR count). The van der Waals surface area contributed by atoms with Crippen LogP contribution in [0.25, 0.3) is 11.5 Å². The molecular weight excluding hydrogens is 314 g/mol. The number of nitrogens with one attached hydrogen (secondary N) is 1. The molecule has 7 heteroatoms. The molecule has 0 atom stereocenters. The summed E-state index contributed by atoms with van der Waals surface area (Å²) in [5.41, 5.74) is 2.06. The highest BCUT2D eigenvalue weighted by Crippen LogP contribution is 2.20.